The highest BCUT2D eigenvalue weighted by atomic mass is 19.4. The second kappa shape index (κ2) is 12.7. The second-order valence-corrected chi connectivity index (χ2v) is 9.21. The van der Waals surface area contributed by atoms with Crippen LogP contribution in [-0.4, -0.2) is 50.2 Å². The lowest BCUT2D eigenvalue weighted by molar-refractivity contribution is -0.192. The number of aliphatic carboxylic acids is 1. The molecule has 0 saturated heterocycles. The fraction of sp³-hybridized carbons (Fsp3) is 0.308. The topological polar surface area (TPSA) is 125 Å². The van der Waals surface area contributed by atoms with Crippen molar-refractivity contribution in [1.29, 1.82) is 5.26 Å². The number of nitrogens with zero attached hydrogens (tertiary/aromatic N) is 4. The number of nitriles is 1. The monoisotopic (exact) mass is 621 g/mol. The molecule has 0 spiro atoms. The lowest BCUT2D eigenvalue weighted by atomic mass is 10.0. The summed E-state index contributed by atoms with van der Waals surface area (Å²) in [5.41, 5.74) is 6.65. The van der Waals surface area contributed by atoms with Crippen molar-refractivity contribution in [3.63, 3.8) is 0 Å². The summed E-state index contributed by atoms with van der Waals surface area (Å²) < 4.78 is 114. The Balaban J connectivity index is 0.000000646. The number of halogens is 9. The molecule has 1 aliphatic rings. The fourth-order valence-corrected chi connectivity index (χ4v) is 4.16. The minimum absolute atomic E-state index is 0.0374. The average molecular weight is 621 g/mol. The number of carboxylic acid groups (broad SMARTS) is 1. The largest absolute Gasteiger partial charge is 0.490 e. The van der Waals surface area contributed by atoms with Crippen LogP contribution in [0.5, 0.6) is 0 Å². The van der Waals surface area contributed by atoms with E-state index in [4.69, 9.17) is 20.9 Å². The van der Waals surface area contributed by atoms with Gasteiger partial charge in [-0.05, 0) is 30.2 Å². The molecule has 8 nitrogen and oxygen atoms in total. The number of aromatic nitrogens is 2. The first-order chi connectivity index (χ1) is 19.9. The Morgan fingerprint density at radius 1 is 1.00 bits per heavy atom. The van der Waals surface area contributed by atoms with Crippen LogP contribution in [0.2, 0.25) is 0 Å². The molecule has 1 amide bonds. The number of fused-ring (bicyclic) bond motifs is 1. The number of carbonyl (C=O) groups is 2. The van der Waals surface area contributed by atoms with Crippen LogP contribution in [0.1, 0.15) is 29.1 Å². The number of carboxylic acids is 1. The molecular formula is C26H20F9N5O3. The van der Waals surface area contributed by atoms with E-state index in [-0.39, 0.29) is 49.4 Å². The molecule has 0 radical (unpaired) electrons. The van der Waals surface area contributed by atoms with Crippen LogP contribution in [0, 0.1) is 28.8 Å². The molecule has 1 atom stereocenters. The Morgan fingerprint density at radius 2 is 1.58 bits per heavy atom. The third kappa shape index (κ3) is 8.03. The van der Waals surface area contributed by atoms with Gasteiger partial charge in [-0.2, -0.15) is 31.6 Å². The lowest BCUT2D eigenvalue weighted by Crippen LogP contribution is -2.42. The summed E-state index contributed by atoms with van der Waals surface area (Å²) in [5.74, 6) is -7.92. The van der Waals surface area contributed by atoms with Crippen LogP contribution in [0.15, 0.2) is 36.4 Å². The molecule has 17 heteroatoms. The molecule has 0 bridgehead atoms. The number of carbonyl (C=O) groups excluding carboxylic acids is 1. The standard InChI is InChI=1S/C24H19F6N5O.C2HF3O2/c25-17-10-19(27)18(26)8-15(17)7-16(32)9-21(36)34-5-6-35-20(12-34)22(33-23(35)24(28,29)30)14-3-1-13(11-31)2-4-14;3-2(4,5)1(6)7/h1-4,8,10,16H,5-7,9,12,32H2;(H,6,7)/t16-;/m1./s1. The molecule has 230 valence electrons. The van der Waals surface area contributed by atoms with Gasteiger partial charge in [-0.25, -0.2) is 22.9 Å². The normalized spacial score (nSPS) is 13.8. The molecule has 0 fully saturated rings. The van der Waals surface area contributed by atoms with Gasteiger partial charge in [0.2, 0.25) is 11.7 Å². The number of rotatable bonds is 5. The lowest BCUT2D eigenvalue weighted by Gasteiger charge is -2.30. The Morgan fingerprint density at radius 3 is 2.12 bits per heavy atom. The van der Waals surface area contributed by atoms with Gasteiger partial charge in [0.05, 0.1) is 29.6 Å². The Bertz CT molecular complexity index is 1540. The predicted octanol–water partition coefficient (Wildman–Crippen LogP) is 4.79. The molecular weight excluding hydrogens is 601 g/mol. The van der Waals surface area contributed by atoms with E-state index in [1.54, 1.807) is 0 Å². The first kappa shape index (κ1) is 32.9. The smallest absolute Gasteiger partial charge is 0.475 e. The van der Waals surface area contributed by atoms with Gasteiger partial charge in [-0.3, -0.25) is 4.79 Å². The predicted molar refractivity (Wildman–Crippen MR) is 129 cm³/mol. The minimum atomic E-state index is -5.08. The van der Waals surface area contributed by atoms with Gasteiger partial charge in [0.1, 0.15) is 5.82 Å². The molecule has 1 aromatic heterocycles. The molecule has 2 heterocycles. The van der Waals surface area contributed by atoms with Gasteiger partial charge in [0.25, 0.3) is 0 Å². The quantitative estimate of drug-likeness (QED) is 0.312. The summed E-state index contributed by atoms with van der Waals surface area (Å²) in [6.07, 6.45) is -10.3. The maximum atomic E-state index is 13.9. The van der Waals surface area contributed by atoms with E-state index in [1.807, 2.05) is 6.07 Å². The van der Waals surface area contributed by atoms with Crippen molar-refractivity contribution in [2.75, 3.05) is 6.54 Å². The first-order valence-electron chi connectivity index (χ1n) is 12.1. The van der Waals surface area contributed by atoms with Crippen LogP contribution in [0.25, 0.3) is 11.3 Å². The number of nitrogens with two attached hydrogens (primary N) is 1. The Hall–Kier alpha value is -4.59. The SMILES string of the molecule is N#Cc1ccc(-c2nc(C(F)(F)F)n3c2CN(C(=O)C[C@H](N)Cc2cc(F)c(F)cc2F)CC3)cc1.O=C(O)C(F)(F)F. The molecule has 1 aliphatic heterocycles. The van der Waals surface area contributed by atoms with Crippen molar-refractivity contribution in [2.45, 2.75) is 44.3 Å². The summed E-state index contributed by atoms with van der Waals surface area (Å²) in [6, 6.07) is 7.94. The van der Waals surface area contributed by atoms with Gasteiger partial charge in [0.15, 0.2) is 11.6 Å². The van der Waals surface area contributed by atoms with E-state index in [2.05, 4.69) is 4.98 Å². The maximum absolute atomic E-state index is 13.9. The van der Waals surface area contributed by atoms with Gasteiger partial charge in [-0.1, -0.05) is 12.1 Å². The summed E-state index contributed by atoms with van der Waals surface area (Å²) in [6.45, 7) is -0.375. The molecule has 4 rings (SSSR count). The first-order valence-corrected chi connectivity index (χ1v) is 12.1. The van der Waals surface area contributed by atoms with Crippen LogP contribution in [0.4, 0.5) is 39.5 Å². The van der Waals surface area contributed by atoms with E-state index < -0.39 is 53.5 Å². The molecule has 3 aromatic rings. The van der Waals surface area contributed by atoms with Crippen molar-refractivity contribution in [3.05, 3.63) is 76.5 Å². The summed E-state index contributed by atoms with van der Waals surface area (Å²) in [7, 11) is 0. The van der Waals surface area contributed by atoms with E-state index in [1.165, 1.54) is 29.2 Å². The third-order valence-corrected chi connectivity index (χ3v) is 6.15. The van der Waals surface area contributed by atoms with Gasteiger partial charge in [-0.15, -0.1) is 0 Å². The van der Waals surface area contributed by atoms with E-state index in [9.17, 15) is 44.3 Å². The minimum Gasteiger partial charge on any atom is -0.475 e. The molecule has 0 aliphatic carbocycles. The van der Waals surface area contributed by atoms with Crippen molar-refractivity contribution in [3.8, 4) is 17.3 Å². The highest BCUT2D eigenvalue weighted by molar-refractivity contribution is 5.77. The van der Waals surface area contributed by atoms with Crippen molar-refractivity contribution in [1.82, 2.24) is 14.5 Å². The third-order valence-electron chi connectivity index (χ3n) is 6.15. The average Bonchev–Trinajstić information content (AvgIpc) is 3.31. The number of alkyl halides is 6. The number of imidazole rings is 1. The van der Waals surface area contributed by atoms with Crippen molar-refractivity contribution < 1.29 is 54.2 Å². The molecule has 43 heavy (non-hydrogen) atoms. The molecule has 3 N–H and O–H groups in total. The Labute approximate surface area is 236 Å². The van der Waals surface area contributed by atoms with Crippen LogP contribution >= 0.6 is 0 Å². The summed E-state index contributed by atoms with van der Waals surface area (Å²) >= 11 is 0. The van der Waals surface area contributed by atoms with E-state index in [0.717, 1.165) is 4.57 Å². The zero-order valence-corrected chi connectivity index (χ0v) is 21.6. The van der Waals surface area contributed by atoms with Crippen LogP contribution < -0.4 is 5.73 Å². The van der Waals surface area contributed by atoms with Crippen LogP contribution in [0.3, 0.4) is 0 Å². The van der Waals surface area contributed by atoms with Gasteiger partial charge in [0, 0.05) is 37.2 Å². The van der Waals surface area contributed by atoms with Gasteiger partial charge >= 0.3 is 18.3 Å². The van der Waals surface area contributed by atoms with Crippen molar-refractivity contribution >= 4 is 11.9 Å². The molecule has 0 saturated carbocycles. The van der Waals surface area contributed by atoms with Crippen LogP contribution in [-0.2, 0) is 35.3 Å². The maximum Gasteiger partial charge on any atom is 0.490 e. The highest BCUT2D eigenvalue weighted by Gasteiger charge is 2.41. The fourth-order valence-electron chi connectivity index (χ4n) is 4.16. The summed E-state index contributed by atoms with van der Waals surface area (Å²) in [5, 5.41) is 16.1. The number of amides is 1. The zero-order valence-electron chi connectivity index (χ0n) is 21.6. The van der Waals surface area contributed by atoms with E-state index >= 15 is 0 Å². The Kier molecular flexibility index (Phi) is 9.75. The highest BCUT2D eigenvalue weighted by Crippen LogP contribution is 2.36. The number of hydrogen-bond donors (Lipinski definition) is 2. The number of hydrogen-bond acceptors (Lipinski definition) is 5. The van der Waals surface area contributed by atoms with E-state index in [0.29, 0.717) is 23.3 Å². The summed E-state index contributed by atoms with van der Waals surface area (Å²) in [4.78, 5) is 26.9. The molecule has 0 unspecified atom stereocenters. The van der Waals surface area contributed by atoms with Gasteiger partial charge < -0.3 is 20.3 Å². The zero-order chi connectivity index (χ0) is 32.3. The second-order valence-electron chi connectivity index (χ2n) is 9.21. The van der Waals surface area contributed by atoms with Crippen molar-refractivity contribution in [2.24, 2.45) is 5.73 Å². The number of benzene rings is 2. The molecule has 2 aromatic carbocycles.